The molecule has 0 atom stereocenters. The fraction of sp³-hybridized carbons (Fsp3) is 0.00870. The van der Waals surface area contributed by atoms with Crippen LogP contribution in [0.25, 0.3) is 56.4 Å². The van der Waals surface area contributed by atoms with Gasteiger partial charge in [0.25, 0.3) is 0 Å². The van der Waals surface area contributed by atoms with E-state index in [9.17, 15) is 0 Å². The van der Waals surface area contributed by atoms with Crippen LogP contribution in [0, 0.1) is 0 Å². The molecular formula is C115H94BCl3N6O2P4Pd. The molecule has 0 saturated carbocycles. The fourth-order valence-corrected chi connectivity index (χ4v) is 23.6. The van der Waals surface area contributed by atoms with E-state index in [0.29, 0.717) is 22.9 Å². The van der Waals surface area contributed by atoms with E-state index in [1.165, 1.54) is 69.2 Å². The molecule has 0 saturated heterocycles. The van der Waals surface area contributed by atoms with Gasteiger partial charge in [0.15, 0.2) is 17.5 Å². The van der Waals surface area contributed by atoms with Gasteiger partial charge in [0.05, 0.1) is 0 Å². The maximum atomic E-state index is 8.94. The zero-order chi connectivity index (χ0) is 89.4. The minimum atomic E-state index is -1.39. The van der Waals surface area contributed by atoms with E-state index in [2.05, 4.69) is 418 Å². The SMILES string of the molecule is C.Clc1nc(-c2ccccc2)nc(-c2ccc(-c3ccccc3)cc2)n1.Clc1nc(Cl)nc(-c2ccccc2)n1.OB(O)c1ccc(-c2ccccc2)cc1.[Pd].c1ccc(P(c2ccccc2)c2ccccc2)cc1.c1ccc(P(c2ccccc2)c2ccccc2)cc1.c1ccc(P(c2ccccc2)c2ccccc2)cc1.c1ccc(P(c2ccccc2)c2ccccc2)cc1. The summed E-state index contributed by atoms with van der Waals surface area (Å²) >= 11 is 17.4. The Balaban J connectivity index is 0.000000140. The van der Waals surface area contributed by atoms with Gasteiger partial charge >= 0.3 is 7.12 Å². The van der Waals surface area contributed by atoms with E-state index in [1.807, 2.05) is 133 Å². The van der Waals surface area contributed by atoms with E-state index in [0.717, 1.165) is 33.4 Å². The first kappa shape index (κ1) is 98.3. The zero-order valence-electron chi connectivity index (χ0n) is 71.2. The Bertz CT molecular complexity index is 5760. The number of rotatable bonds is 18. The average molecular weight is 1940 g/mol. The molecular weight excluding hydrogens is 1840 g/mol. The van der Waals surface area contributed by atoms with Crippen molar-refractivity contribution in [2.75, 3.05) is 0 Å². The molecule has 18 aromatic carbocycles. The molecule has 17 heteroatoms. The van der Waals surface area contributed by atoms with Gasteiger partial charge in [0, 0.05) is 37.1 Å². The number of aromatic nitrogens is 6. The number of hydrogen-bond donors (Lipinski definition) is 2. The van der Waals surface area contributed by atoms with Crippen molar-refractivity contribution < 1.29 is 30.5 Å². The number of halogens is 3. The fourth-order valence-electron chi connectivity index (χ4n) is 13.9. The molecule has 20 rings (SSSR count). The first-order chi connectivity index (χ1) is 64.1. The van der Waals surface area contributed by atoms with E-state index in [1.54, 1.807) is 12.1 Å². The number of nitrogens with zero attached hydrogens (tertiary/aromatic N) is 6. The first-order valence-electron chi connectivity index (χ1n) is 42.2. The number of hydrogen-bond acceptors (Lipinski definition) is 8. The van der Waals surface area contributed by atoms with Crippen molar-refractivity contribution in [2.24, 2.45) is 0 Å². The van der Waals surface area contributed by atoms with Crippen LogP contribution in [0.3, 0.4) is 0 Å². The summed E-state index contributed by atoms with van der Waals surface area (Å²) in [6, 6.07) is 184. The van der Waals surface area contributed by atoms with Crippen molar-refractivity contribution in [2.45, 2.75) is 7.43 Å². The van der Waals surface area contributed by atoms with Crippen molar-refractivity contribution >= 4 is 143 Å². The Labute approximate surface area is 809 Å². The molecule has 0 unspecified atom stereocenters. The maximum Gasteiger partial charge on any atom is 0.488 e. The van der Waals surface area contributed by atoms with Gasteiger partial charge in [-0.2, -0.15) is 24.9 Å². The quantitative estimate of drug-likeness (QED) is 0.0644. The molecule has 8 nitrogen and oxygen atoms in total. The van der Waals surface area contributed by atoms with Crippen LogP contribution in [0.2, 0.25) is 15.9 Å². The summed E-state index contributed by atoms with van der Waals surface area (Å²) < 4.78 is 0. The molecule has 0 bridgehead atoms. The largest absolute Gasteiger partial charge is 0.488 e. The summed E-state index contributed by atoms with van der Waals surface area (Å²) in [5, 5.41) is 35.1. The molecule has 132 heavy (non-hydrogen) atoms. The summed E-state index contributed by atoms with van der Waals surface area (Å²) in [6.07, 6.45) is 0. The van der Waals surface area contributed by atoms with Gasteiger partial charge < -0.3 is 10.0 Å². The second-order valence-corrected chi connectivity index (χ2v) is 38.7. The van der Waals surface area contributed by atoms with Crippen molar-refractivity contribution in [1.29, 1.82) is 0 Å². The molecule has 2 aromatic heterocycles. The Hall–Kier alpha value is -12.8. The van der Waals surface area contributed by atoms with Gasteiger partial charge in [-0.25, -0.2) is 4.98 Å². The standard InChI is InChI=1S/C21H14ClN3.4C18H15P.C12H11BO2.C9H5Cl2N3.CH4.Pd/c22-21-24-19(17-9-5-2-6-10-17)23-20(25-21)18-13-11-16(12-14-18)15-7-3-1-4-8-15;4*1-4-10-16(11-5-1)19(17-12-6-2-7-13-17)18-14-8-3-9-15-18;14-13(15)12-8-6-11(7-9-12)10-4-2-1-3-5-10;10-8-12-7(13-9(11)14-8)6-4-2-1-3-5-6;;/h1-14H;4*1-15H;1-9,14-15H;1-5H;1H4;. The third-order valence-corrected chi connectivity index (χ3v) is 30.3. The van der Waals surface area contributed by atoms with Crippen LogP contribution in [0.5, 0.6) is 0 Å². The van der Waals surface area contributed by atoms with Crippen LogP contribution in [-0.2, 0) is 20.4 Å². The Kier molecular flexibility index (Phi) is 39.8. The van der Waals surface area contributed by atoms with E-state index < -0.39 is 38.8 Å². The summed E-state index contributed by atoms with van der Waals surface area (Å²) in [7, 11) is -3.18. The van der Waals surface area contributed by atoms with Crippen molar-refractivity contribution in [3.63, 3.8) is 0 Å². The van der Waals surface area contributed by atoms with Crippen LogP contribution in [-0.4, -0.2) is 47.1 Å². The van der Waals surface area contributed by atoms with Crippen LogP contribution < -0.4 is 69.1 Å². The molecule has 2 heterocycles. The van der Waals surface area contributed by atoms with Crippen LogP contribution >= 0.6 is 66.5 Å². The summed E-state index contributed by atoms with van der Waals surface area (Å²) in [5.74, 6) is 1.62. The van der Waals surface area contributed by atoms with Gasteiger partial charge in [-0.1, -0.05) is 541 Å². The van der Waals surface area contributed by atoms with Gasteiger partial charge in [0.2, 0.25) is 15.9 Å². The molecule has 20 aromatic rings. The average Bonchev–Trinajstić information content (AvgIpc) is 0.824. The molecule has 650 valence electrons. The number of benzene rings is 18. The smallest absolute Gasteiger partial charge is 0.423 e. The normalized spacial score (nSPS) is 10.3. The second-order valence-electron chi connectivity index (χ2n) is 28.9. The minimum Gasteiger partial charge on any atom is -0.423 e. The molecule has 0 aliphatic heterocycles. The van der Waals surface area contributed by atoms with Gasteiger partial charge in [0.1, 0.15) is 0 Å². The molecule has 0 amide bonds. The monoisotopic (exact) mass is 1940 g/mol. The second kappa shape index (κ2) is 53.5. The molecule has 2 N–H and O–H groups in total. The molecule has 0 spiro atoms. The molecule has 0 radical (unpaired) electrons. The van der Waals surface area contributed by atoms with Crippen LogP contribution in [0.4, 0.5) is 0 Å². The summed E-state index contributed by atoms with van der Waals surface area (Å²) in [6.45, 7) is 0. The van der Waals surface area contributed by atoms with Crippen molar-refractivity contribution in [3.05, 3.63) is 550 Å². The Morgan fingerprint density at radius 3 is 0.470 bits per heavy atom. The van der Waals surface area contributed by atoms with Crippen LogP contribution in [0.1, 0.15) is 7.43 Å². The van der Waals surface area contributed by atoms with Gasteiger partial charge in [-0.05, 0) is 158 Å². The van der Waals surface area contributed by atoms with Gasteiger partial charge in [-0.15, -0.1) is 0 Å². The topological polar surface area (TPSA) is 118 Å². The van der Waals surface area contributed by atoms with E-state index in [-0.39, 0.29) is 43.7 Å². The van der Waals surface area contributed by atoms with Crippen molar-refractivity contribution in [1.82, 2.24) is 29.9 Å². The molecule has 0 aliphatic rings. The minimum absolute atomic E-state index is 0. The summed E-state index contributed by atoms with van der Waals surface area (Å²) in [5.41, 5.74) is 7.69. The third-order valence-electron chi connectivity index (χ3n) is 20.0. The van der Waals surface area contributed by atoms with Crippen molar-refractivity contribution in [3.8, 4) is 56.4 Å². The van der Waals surface area contributed by atoms with Crippen LogP contribution in [0.15, 0.2) is 534 Å². The first-order valence-corrected chi connectivity index (χ1v) is 48.7. The Morgan fingerprint density at radius 2 is 0.288 bits per heavy atom. The molecule has 0 aliphatic carbocycles. The predicted octanol–water partition coefficient (Wildman–Crippen LogP) is 23.8. The van der Waals surface area contributed by atoms with E-state index in [4.69, 9.17) is 44.9 Å². The zero-order valence-corrected chi connectivity index (χ0v) is 78.6. The summed E-state index contributed by atoms with van der Waals surface area (Å²) in [4.78, 5) is 24.7. The predicted molar refractivity (Wildman–Crippen MR) is 565 cm³/mol. The molecule has 0 fully saturated rings. The third kappa shape index (κ3) is 29.6. The maximum absolute atomic E-state index is 8.94. The van der Waals surface area contributed by atoms with Gasteiger partial charge in [-0.3, -0.25) is 0 Å². The Morgan fingerprint density at radius 1 is 0.159 bits per heavy atom. The van der Waals surface area contributed by atoms with E-state index >= 15 is 0 Å².